The van der Waals surface area contributed by atoms with Crippen molar-refractivity contribution in [3.63, 3.8) is 0 Å². The Morgan fingerprint density at radius 3 is 2.77 bits per heavy atom. The van der Waals surface area contributed by atoms with Gasteiger partial charge in [0.1, 0.15) is 5.69 Å². The third-order valence-electron chi connectivity index (χ3n) is 1.82. The van der Waals surface area contributed by atoms with Crippen molar-refractivity contribution in [3.8, 4) is 0 Å². The van der Waals surface area contributed by atoms with E-state index in [1.807, 2.05) is 6.92 Å². The van der Waals surface area contributed by atoms with Crippen molar-refractivity contribution in [2.75, 3.05) is 13.7 Å². The molecule has 0 saturated heterocycles. The van der Waals surface area contributed by atoms with E-state index in [1.165, 1.54) is 0 Å². The highest BCUT2D eigenvalue weighted by Gasteiger charge is 2.10. The van der Waals surface area contributed by atoms with Crippen molar-refractivity contribution in [1.29, 1.82) is 0 Å². The standard InChI is InChI=1S/C8H15N3O2/c1-6(5-13-3)11-4-8(7(2)12)9-10-11/h4,6-7,12H,5H2,1-3H3. The number of aliphatic hydroxyl groups excluding tert-OH is 1. The minimum absolute atomic E-state index is 0.144. The molecular formula is C8H15N3O2. The van der Waals surface area contributed by atoms with Gasteiger partial charge in [0.2, 0.25) is 0 Å². The molecule has 0 fully saturated rings. The molecule has 0 aliphatic rings. The minimum Gasteiger partial charge on any atom is -0.387 e. The predicted molar refractivity (Wildman–Crippen MR) is 47.2 cm³/mol. The summed E-state index contributed by atoms with van der Waals surface area (Å²) in [6.45, 7) is 4.22. The van der Waals surface area contributed by atoms with Crippen LogP contribution in [0.3, 0.4) is 0 Å². The molecule has 2 unspecified atom stereocenters. The van der Waals surface area contributed by atoms with Gasteiger partial charge in [-0.2, -0.15) is 0 Å². The molecule has 0 aliphatic heterocycles. The molecule has 0 aliphatic carbocycles. The van der Waals surface area contributed by atoms with Crippen LogP contribution in [0.5, 0.6) is 0 Å². The molecule has 0 bridgehead atoms. The third-order valence-corrected chi connectivity index (χ3v) is 1.82. The van der Waals surface area contributed by atoms with Crippen molar-refractivity contribution in [1.82, 2.24) is 15.0 Å². The summed E-state index contributed by atoms with van der Waals surface area (Å²) in [5, 5.41) is 16.9. The average molecular weight is 185 g/mol. The van der Waals surface area contributed by atoms with Gasteiger partial charge in [0.15, 0.2) is 0 Å². The van der Waals surface area contributed by atoms with Crippen molar-refractivity contribution < 1.29 is 9.84 Å². The fraction of sp³-hybridized carbons (Fsp3) is 0.750. The van der Waals surface area contributed by atoms with E-state index >= 15 is 0 Å². The molecule has 13 heavy (non-hydrogen) atoms. The van der Waals surface area contributed by atoms with Crippen LogP contribution in [0.25, 0.3) is 0 Å². The zero-order chi connectivity index (χ0) is 9.84. The highest BCUT2D eigenvalue weighted by Crippen LogP contribution is 2.10. The SMILES string of the molecule is COCC(C)n1cc(C(C)O)nn1. The van der Waals surface area contributed by atoms with Crippen LogP contribution in [-0.4, -0.2) is 33.8 Å². The molecule has 0 saturated carbocycles. The maximum absolute atomic E-state index is 9.20. The number of hydrogen-bond donors (Lipinski definition) is 1. The van der Waals surface area contributed by atoms with Crippen LogP contribution < -0.4 is 0 Å². The molecule has 1 heterocycles. The summed E-state index contributed by atoms with van der Waals surface area (Å²) in [6.07, 6.45) is 1.16. The lowest BCUT2D eigenvalue weighted by atomic mass is 10.3. The summed E-state index contributed by atoms with van der Waals surface area (Å²) < 4.78 is 6.66. The number of nitrogens with zero attached hydrogens (tertiary/aromatic N) is 3. The molecule has 0 radical (unpaired) electrons. The van der Waals surface area contributed by atoms with E-state index in [2.05, 4.69) is 10.3 Å². The van der Waals surface area contributed by atoms with Crippen molar-refractivity contribution in [2.45, 2.75) is 26.0 Å². The van der Waals surface area contributed by atoms with E-state index < -0.39 is 6.10 Å². The first-order valence-corrected chi connectivity index (χ1v) is 4.24. The Bertz CT molecular complexity index is 260. The summed E-state index contributed by atoms with van der Waals surface area (Å²) >= 11 is 0. The van der Waals surface area contributed by atoms with Gasteiger partial charge in [-0.1, -0.05) is 5.21 Å². The van der Waals surface area contributed by atoms with E-state index in [-0.39, 0.29) is 6.04 Å². The largest absolute Gasteiger partial charge is 0.387 e. The number of aliphatic hydroxyl groups is 1. The maximum atomic E-state index is 9.20. The topological polar surface area (TPSA) is 60.2 Å². The fourth-order valence-corrected chi connectivity index (χ4v) is 1.01. The molecule has 5 nitrogen and oxygen atoms in total. The van der Waals surface area contributed by atoms with Crippen LogP contribution in [0.15, 0.2) is 6.20 Å². The molecule has 0 aromatic carbocycles. The summed E-state index contributed by atoms with van der Waals surface area (Å²) in [4.78, 5) is 0. The Morgan fingerprint density at radius 1 is 1.62 bits per heavy atom. The summed E-state index contributed by atoms with van der Waals surface area (Å²) in [5.74, 6) is 0. The van der Waals surface area contributed by atoms with Crippen molar-refractivity contribution in [3.05, 3.63) is 11.9 Å². The first-order chi connectivity index (χ1) is 6.15. The molecule has 74 valence electrons. The van der Waals surface area contributed by atoms with Crippen LogP contribution in [0.2, 0.25) is 0 Å². The van der Waals surface area contributed by atoms with Gasteiger partial charge in [0, 0.05) is 7.11 Å². The van der Waals surface area contributed by atoms with Gasteiger partial charge in [-0.3, -0.25) is 0 Å². The second kappa shape index (κ2) is 4.34. The second-order valence-electron chi connectivity index (χ2n) is 3.10. The zero-order valence-electron chi connectivity index (χ0n) is 8.14. The molecule has 0 spiro atoms. The van der Waals surface area contributed by atoms with Gasteiger partial charge < -0.3 is 9.84 Å². The predicted octanol–water partition coefficient (Wildman–Crippen LogP) is 0.539. The van der Waals surface area contributed by atoms with E-state index in [9.17, 15) is 5.11 Å². The molecule has 1 aromatic rings. The summed E-state index contributed by atoms with van der Waals surface area (Å²) in [5.41, 5.74) is 0.586. The second-order valence-corrected chi connectivity index (χ2v) is 3.10. The zero-order valence-corrected chi connectivity index (χ0v) is 8.14. The minimum atomic E-state index is -0.566. The monoisotopic (exact) mass is 185 g/mol. The van der Waals surface area contributed by atoms with Crippen LogP contribution in [-0.2, 0) is 4.74 Å². The van der Waals surface area contributed by atoms with Crippen LogP contribution in [0, 0.1) is 0 Å². The van der Waals surface area contributed by atoms with E-state index in [4.69, 9.17) is 4.74 Å². The summed E-state index contributed by atoms with van der Waals surface area (Å²) in [6, 6.07) is 0.144. The smallest absolute Gasteiger partial charge is 0.111 e. The third kappa shape index (κ3) is 2.50. The van der Waals surface area contributed by atoms with Crippen molar-refractivity contribution >= 4 is 0 Å². The molecule has 1 N–H and O–H groups in total. The molecular weight excluding hydrogens is 170 g/mol. The quantitative estimate of drug-likeness (QED) is 0.743. The lowest BCUT2D eigenvalue weighted by Crippen LogP contribution is -2.11. The lowest BCUT2D eigenvalue weighted by molar-refractivity contribution is 0.156. The van der Waals surface area contributed by atoms with Crippen molar-refractivity contribution in [2.24, 2.45) is 0 Å². The van der Waals surface area contributed by atoms with Gasteiger partial charge in [-0.15, -0.1) is 5.10 Å². The Hall–Kier alpha value is -0.940. The van der Waals surface area contributed by atoms with Gasteiger partial charge in [-0.05, 0) is 13.8 Å². The first kappa shape index (κ1) is 10.1. The molecule has 1 rings (SSSR count). The molecule has 1 aromatic heterocycles. The number of ether oxygens (including phenoxy) is 1. The summed E-state index contributed by atoms with van der Waals surface area (Å²) in [7, 11) is 1.64. The lowest BCUT2D eigenvalue weighted by Gasteiger charge is -2.08. The van der Waals surface area contributed by atoms with Gasteiger partial charge in [0.05, 0.1) is 24.9 Å². The number of aromatic nitrogens is 3. The number of rotatable bonds is 4. The van der Waals surface area contributed by atoms with E-state index in [0.29, 0.717) is 12.3 Å². The fourth-order valence-electron chi connectivity index (χ4n) is 1.01. The molecule has 5 heteroatoms. The van der Waals surface area contributed by atoms with Gasteiger partial charge in [0.25, 0.3) is 0 Å². The number of methoxy groups -OCH3 is 1. The number of hydrogen-bond acceptors (Lipinski definition) is 4. The average Bonchev–Trinajstić information content (AvgIpc) is 2.52. The maximum Gasteiger partial charge on any atom is 0.111 e. The Kier molecular flexibility index (Phi) is 3.39. The van der Waals surface area contributed by atoms with Crippen LogP contribution in [0.1, 0.15) is 31.7 Å². The van der Waals surface area contributed by atoms with Crippen LogP contribution >= 0.6 is 0 Å². The molecule has 2 atom stereocenters. The highest BCUT2D eigenvalue weighted by atomic mass is 16.5. The normalized spacial score (nSPS) is 15.7. The Labute approximate surface area is 77.3 Å². The Morgan fingerprint density at radius 2 is 2.31 bits per heavy atom. The van der Waals surface area contributed by atoms with Gasteiger partial charge >= 0.3 is 0 Å². The first-order valence-electron chi connectivity index (χ1n) is 4.24. The molecule has 0 amide bonds. The van der Waals surface area contributed by atoms with E-state index in [0.717, 1.165) is 0 Å². The highest BCUT2D eigenvalue weighted by molar-refractivity contribution is 4.96. The van der Waals surface area contributed by atoms with Crippen LogP contribution in [0.4, 0.5) is 0 Å². The van der Waals surface area contributed by atoms with E-state index in [1.54, 1.807) is 24.9 Å². The Balaban J connectivity index is 2.67. The van der Waals surface area contributed by atoms with Gasteiger partial charge in [-0.25, -0.2) is 4.68 Å².